The lowest BCUT2D eigenvalue weighted by Gasteiger charge is -2.22. The average molecular weight is 235 g/mol. The second-order valence-electron chi connectivity index (χ2n) is 5.02. The first-order chi connectivity index (χ1) is 6.90. The molecule has 2 nitrogen and oxygen atoms in total. The molecule has 0 N–H and O–H groups in total. The summed E-state index contributed by atoms with van der Waals surface area (Å²) >= 11 is 5.60. The van der Waals surface area contributed by atoms with E-state index in [2.05, 4.69) is 0 Å². The van der Waals surface area contributed by atoms with Crippen LogP contribution in [0.3, 0.4) is 0 Å². The van der Waals surface area contributed by atoms with Crippen molar-refractivity contribution in [1.82, 2.24) is 0 Å². The molecule has 0 heterocycles. The fourth-order valence-electron chi connectivity index (χ4n) is 1.20. The number of carbonyl (C=O) groups excluding carboxylic acids is 1. The molecule has 0 aromatic carbocycles. The van der Waals surface area contributed by atoms with Gasteiger partial charge < -0.3 is 4.74 Å². The maximum absolute atomic E-state index is 11.7. The third-order valence-corrected chi connectivity index (χ3v) is 2.55. The molecule has 0 amide bonds. The number of esters is 1. The number of unbranched alkanes of at least 4 members (excludes halogenated alkanes) is 1. The summed E-state index contributed by atoms with van der Waals surface area (Å²) in [5.74, 6) is 0.968. The zero-order valence-corrected chi connectivity index (χ0v) is 11.1. The van der Waals surface area contributed by atoms with Gasteiger partial charge in [0.1, 0.15) is 0 Å². The first-order valence-corrected chi connectivity index (χ1v) is 6.17. The quantitative estimate of drug-likeness (QED) is 0.382. The molecule has 0 spiro atoms. The second-order valence-corrected chi connectivity index (χ2v) is 5.40. The minimum absolute atomic E-state index is 0.0919. The molecule has 90 valence electrons. The van der Waals surface area contributed by atoms with Crippen LogP contribution in [0.2, 0.25) is 0 Å². The maximum atomic E-state index is 11.7. The van der Waals surface area contributed by atoms with Crippen LogP contribution < -0.4 is 0 Å². The van der Waals surface area contributed by atoms with Crippen LogP contribution in [0.1, 0.15) is 47.0 Å². The molecule has 0 atom stereocenters. The van der Waals surface area contributed by atoms with Crippen LogP contribution >= 0.6 is 11.6 Å². The highest BCUT2D eigenvalue weighted by Gasteiger charge is 2.28. The summed E-state index contributed by atoms with van der Waals surface area (Å²) in [6.07, 6.45) is 2.78. The molecule has 0 fully saturated rings. The Morgan fingerprint density at radius 2 is 1.93 bits per heavy atom. The van der Waals surface area contributed by atoms with E-state index in [1.54, 1.807) is 0 Å². The molecule has 0 bridgehead atoms. The van der Waals surface area contributed by atoms with Crippen molar-refractivity contribution in [3.05, 3.63) is 0 Å². The van der Waals surface area contributed by atoms with Gasteiger partial charge in [0, 0.05) is 5.88 Å². The lowest BCUT2D eigenvalue weighted by molar-refractivity contribution is -0.155. The Balaban J connectivity index is 3.91. The molecule has 0 saturated carbocycles. The van der Waals surface area contributed by atoms with Crippen LogP contribution in [0.5, 0.6) is 0 Å². The summed E-state index contributed by atoms with van der Waals surface area (Å²) < 4.78 is 5.23. The molecule has 0 aliphatic rings. The number of halogens is 1. The monoisotopic (exact) mass is 234 g/mol. The number of hydrogen-bond donors (Lipinski definition) is 0. The molecule has 0 rings (SSSR count). The van der Waals surface area contributed by atoms with E-state index in [1.807, 2.05) is 27.7 Å². The Kier molecular flexibility index (Phi) is 6.99. The van der Waals surface area contributed by atoms with Gasteiger partial charge >= 0.3 is 5.97 Å². The molecule has 15 heavy (non-hydrogen) atoms. The predicted molar refractivity (Wildman–Crippen MR) is 64.1 cm³/mol. The molecule has 0 saturated heterocycles. The summed E-state index contributed by atoms with van der Waals surface area (Å²) in [5.41, 5.74) is -0.374. The van der Waals surface area contributed by atoms with Crippen LogP contribution in [-0.4, -0.2) is 18.5 Å². The number of rotatable bonds is 7. The fourth-order valence-corrected chi connectivity index (χ4v) is 1.39. The third kappa shape index (κ3) is 6.77. The van der Waals surface area contributed by atoms with E-state index >= 15 is 0 Å². The van der Waals surface area contributed by atoms with Gasteiger partial charge in [-0.15, -0.1) is 11.6 Å². The Morgan fingerprint density at radius 3 is 2.40 bits per heavy atom. The van der Waals surface area contributed by atoms with Gasteiger partial charge in [-0.3, -0.25) is 4.79 Å². The highest BCUT2D eigenvalue weighted by Crippen LogP contribution is 2.25. The van der Waals surface area contributed by atoms with Gasteiger partial charge in [0.15, 0.2) is 0 Å². The fraction of sp³-hybridized carbons (Fsp3) is 0.917. The smallest absolute Gasteiger partial charge is 0.311 e. The lowest BCUT2D eigenvalue weighted by atomic mass is 9.87. The Bertz CT molecular complexity index is 188. The molecule has 3 heteroatoms. The standard InChI is InChI=1S/C12H23ClO2/c1-10(2)9-15-11(14)12(3,4)7-5-6-8-13/h10H,5-9H2,1-4H3. The predicted octanol–water partition coefficient (Wildman–Crippen LogP) is 3.62. The minimum Gasteiger partial charge on any atom is -0.465 e. The third-order valence-electron chi connectivity index (χ3n) is 2.29. The largest absolute Gasteiger partial charge is 0.465 e. The van der Waals surface area contributed by atoms with Crippen LogP contribution in [0.15, 0.2) is 0 Å². The van der Waals surface area contributed by atoms with Crippen LogP contribution in [0.4, 0.5) is 0 Å². The zero-order chi connectivity index (χ0) is 11.9. The van der Waals surface area contributed by atoms with Crippen LogP contribution in [0.25, 0.3) is 0 Å². The van der Waals surface area contributed by atoms with Crippen molar-refractivity contribution >= 4 is 17.6 Å². The zero-order valence-electron chi connectivity index (χ0n) is 10.3. The first kappa shape index (κ1) is 14.8. The van der Waals surface area contributed by atoms with Gasteiger partial charge in [0.05, 0.1) is 12.0 Å². The molecule has 0 aromatic heterocycles. The highest BCUT2D eigenvalue weighted by molar-refractivity contribution is 6.17. The van der Waals surface area contributed by atoms with E-state index < -0.39 is 0 Å². The van der Waals surface area contributed by atoms with Gasteiger partial charge in [-0.25, -0.2) is 0 Å². The molecular formula is C12H23ClO2. The second kappa shape index (κ2) is 7.10. The Hall–Kier alpha value is -0.240. The van der Waals surface area contributed by atoms with E-state index in [1.165, 1.54) is 0 Å². The van der Waals surface area contributed by atoms with Crippen LogP contribution in [0, 0.1) is 11.3 Å². The molecule has 0 aliphatic heterocycles. The van der Waals surface area contributed by atoms with E-state index in [-0.39, 0.29) is 11.4 Å². The van der Waals surface area contributed by atoms with E-state index in [4.69, 9.17) is 16.3 Å². The summed E-state index contributed by atoms with van der Waals surface area (Å²) in [6.45, 7) is 8.45. The lowest BCUT2D eigenvalue weighted by Crippen LogP contribution is -2.27. The molecule has 0 radical (unpaired) electrons. The molecule has 0 aromatic rings. The van der Waals surface area contributed by atoms with Crippen molar-refractivity contribution in [1.29, 1.82) is 0 Å². The van der Waals surface area contributed by atoms with Crippen molar-refractivity contribution in [2.45, 2.75) is 47.0 Å². The average Bonchev–Trinajstić information content (AvgIpc) is 2.14. The molecule has 0 unspecified atom stereocenters. The Labute approximate surface area is 98.3 Å². The highest BCUT2D eigenvalue weighted by atomic mass is 35.5. The number of ether oxygens (including phenoxy) is 1. The maximum Gasteiger partial charge on any atom is 0.311 e. The van der Waals surface area contributed by atoms with Gasteiger partial charge in [-0.1, -0.05) is 20.3 Å². The topological polar surface area (TPSA) is 26.3 Å². The molecular weight excluding hydrogens is 212 g/mol. The van der Waals surface area contributed by atoms with E-state index in [0.717, 1.165) is 19.3 Å². The Morgan fingerprint density at radius 1 is 1.33 bits per heavy atom. The van der Waals surface area contributed by atoms with Crippen molar-refractivity contribution in [3.63, 3.8) is 0 Å². The van der Waals surface area contributed by atoms with Gasteiger partial charge in [-0.2, -0.15) is 0 Å². The number of alkyl halides is 1. The summed E-state index contributed by atoms with van der Waals surface area (Å²) in [6, 6.07) is 0. The van der Waals surface area contributed by atoms with Gasteiger partial charge in [-0.05, 0) is 32.6 Å². The van der Waals surface area contributed by atoms with Gasteiger partial charge in [0.2, 0.25) is 0 Å². The normalized spacial score (nSPS) is 11.9. The number of hydrogen-bond acceptors (Lipinski definition) is 2. The van der Waals surface area contributed by atoms with E-state index in [0.29, 0.717) is 18.4 Å². The first-order valence-electron chi connectivity index (χ1n) is 5.63. The SMILES string of the molecule is CC(C)COC(=O)C(C)(C)CCCCCl. The van der Waals surface area contributed by atoms with Crippen LogP contribution in [-0.2, 0) is 9.53 Å². The summed E-state index contributed by atoms with van der Waals surface area (Å²) in [7, 11) is 0. The number of carbonyl (C=O) groups is 1. The van der Waals surface area contributed by atoms with Gasteiger partial charge in [0.25, 0.3) is 0 Å². The van der Waals surface area contributed by atoms with Crippen molar-refractivity contribution in [3.8, 4) is 0 Å². The summed E-state index contributed by atoms with van der Waals surface area (Å²) in [4.78, 5) is 11.7. The summed E-state index contributed by atoms with van der Waals surface area (Å²) in [5, 5.41) is 0. The van der Waals surface area contributed by atoms with E-state index in [9.17, 15) is 4.79 Å². The molecule has 0 aliphatic carbocycles. The van der Waals surface area contributed by atoms with Crippen molar-refractivity contribution in [2.75, 3.05) is 12.5 Å². The minimum atomic E-state index is -0.374. The van der Waals surface area contributed by atoms with Crippen molar-refractivity contribution < 1.29 is 9.53 Å². The van der Waals surface area contributed by atoms with Crippen molar-refractivity contribution in [2.24, 2.45) is 11.3 Å².